The molecule has 0 aliphatic carbocycles. The van der Waals surface area contributed by atoms with Crippen molar-refractivity contribution >= 4 is 33.2 Å². The number of nitriles is 1. The van der Waals surface area contributed by atoms with Gasteiger partial charge in [-0.2, -0.15) is 5.26 Å². The fraction of sp³-hybridized carbons (Fsp3) is 0.188. The van der Waals surface area contributed by atoms with Crippen molar-refractivity contribution in [1.82, 2.24) is 0 Å². The summed E-state index contributed by atoms with van der Waals surface area (Å²) in [6.07, 6.45) is 0. The molecule has 20 heavy (non-hydrogen) atoms. The summed E-state index contributed by atoms with van der Waals surface area (Å²) in [7, 11) is 0. The Kier molecular flexibility index (Phi) is 5.05. The van der Waals surface area contributed by atoms with Crippen LogP contribution < -0.4 is 5.32 Å². The molecule has 0 amide bonds. The largest absolute Gasteiger partial charge is 0.382 e. The van der Waals surface area contributed by atoms with Crippen LogP contribution in [-0.4, -0.2) is 6.54 Å². The summed E-state index contributed by atoms with van der Waals surface area (Å²) in [6.45, 7) is 2.50. The molecule has 0 aromatic heterocycles. The molecule has 0 aliphatic heterocycles. The summed E-state index contributed by atoms with van der Waals surface area (Å²) in [4.78, 5) is 0. The van der Waals surface area contributed by atoms with Gasteiger partial charge in [-0.1, -0.05) is 41.9 Å². The van der Waals surface area contributed by atoms with Crippen LogP contribution in [-0.2, 0) is 0 Å². The molecule has 2 nitrogen and oxygen atoms in total. The van der Waals surface area contributed by atoms with Crippen molar-refractivity contribution in [3.8, 4) is 6.07 Å². The number of anilines is 1. The zero-order valence-corrected chi connectivity index (χ0v) is 13.4. The van der Waals surface area contributed by atoms with Crippen LogP contribution in [0.25, 0.3) is 0 Å². The van der Waals surface area contributed by atoms with Crippen LogP contribution in [0, 0.1) is 18.3 Å². The number of hydrogen-bond donors (Lipinski definition) is 1. The van der Waals surface area contributed by atoms with Crippen molar-refractivity contribution in [2.75, 3.05) is 11.9 Å². The van der Waals surface area contributed by atoms with E-state index in [9.17, 15) is 5.26 Å². The lowest BCUT2D eigenvalue weighted by molar-refractivity contribution is 0.900. The average molecular weight is 350 g/mol. The van der Waals surface area contributed by atoms with Crippen LogP contribution >= 0.6 is 27.5 Å². The first-order chi connectivity index (χ1) is 9.61. The van der Waals surface area contributed by atoms with Gasteiger partial charge in [0.15, 0.2) is 0 Å². The van der Waals surface area contributed by atoms with Gasteiger partial charge >= 0.3 is 0 Å². The monoisotopic (exact) mass is 348 g/mol. The smallest absolute Gasteiger partial charge is 0.0885 e. The number of halogens is 2. The molecule has 2 rings (SSSR count). The van der Waals surface area contributed by atoms with Gasteiger partial charge in [0, 0.05) is 21.7 Å². The topological polar surface area (TPSA) is 35.8 Å². The summed E-state index contributed by atoms with van der Waals surface area (Å²) in [5, 5.41) is 13.3. The minimum Gasteiger partial charge on any atom is -0.382 e. The van der Waals surface area contributed by atoms with Crippen LogP contribution in [0.2, 0.25) is 5.02 Å². The van der Waals surface area contributed by atoms with E-state index in [0.29, 0.717) is 11.6 Å². The van der Waals surface area contributed by atoms with E-state index >= 15 is 0 Å². The third-order valence-electron chi connectivity index (χ3n) is 3.10. The van der Waals surface area contributed by atoms with E-state index in [1.165, 1.54) is 0 Å². The first-order valence-electron chi connectivity index (χ1n) is 6.26. The van der Waals surface area contributed by atoms with Crippen LogP contribution in [0.5, 0.6) is 0 Å². The minimum absolute atomic E-state index is 0.192. The molecule has 1 N–H and O–H groups in total. The van der Waals surface area contributed by atoms with E-state index in [1.807, 2.05) is 49.4 Å². The van der Waals surface area contributed by atoms with Crippen LogP contribution in [0.15, 0.2) is 46.9 Å². The maximum absolute atomic E-state index is 9.30. The van der Waals surface area contributed by atoms with Gasteiger partial charge in [-0.25, -0.2) is 0 Å². The number of hydrogen-bond acceptors (Lipinski definition) is 2. The summed E-state index contributed by atoms with van der Waals surface area (Å²) in [5.74, 6) is -0.192. The Morgan fingerprint density at radius 1 is 1.30 bits per heavy atom. The molecule has 2 aromatic carbocycles. The van der Waals surface area contributed by atoms with Gasteiger partial charge in [0.05, 0.1) is 12.0 Å². The first-order valence-corrected chi connectivity index (χ1v) is 7.43. The quantitative estimate of drug-likeness (QED) is 0.830. The minimum atomic E-state index is -0.192. The highest BCUT2D eigenvalue weighted by Crippen LogP contribution is 2.29. The molecule has 0 radical (unpaired) electrons. The molecule has 2 aromatic rings. The van der Waals surface area contributed by atoms with Crippen LogP contribution in [0.1, 0.15) is 17.0 Å². The van der Waals surface area contributed by atoms with E-state index in [4.69, 9.17) is 11.6 Å². The Balaban J connectivity index is 2.12. The first kappa shape index (κ1) is 14.9. The molecule has 0 saturated carbocycles. The Hall–Kier alpha value is -1.50. The lowest BCUT2D eigenvalue weighted by Crippen LogP contribution is -2.11. The van der Waals surface area contributed by atoms with Crippen LogP contribution in [0.4, 0.5) is 5.69 Å². The fourth-order valence-electron chi connectivity index (χ4n) is 1.92. The SMILES string of the molecule is Cc1cc(Br)c(NCC(C#N)c2ccccc2)cc1Cl. The molecule has 4 heteroatoms. The Morgan fingerprint density at radius 3 is 2.65 bits per heavy atom. The van der Waals surface area contributed by atoms with Gasteiger partial charge in [0.2, 0.25) is 0 Å². The van der Waals surface area contributed by atoms with Gasteiger partial charge in [0.25, 0.3) is 0 Å². The third kappa shape index (κ3) is 3.53. The van der Waals surface area contributed by atoms with E-state index < -0.39 is 0 Å². The van der Waals surface area contributed by atoms with Crippen molar-refractivity contribution in [3.63, 3.8) is 0 Å². The number of benzene rings is 2. The molecule has 0 fully saturated rings. The van der Waals surface area contributed by atoms with Crippen LogP contribution in [0.3, 0.4) is 0 Å². The van der Waals surface area contributed by atoms with E-state index in [1.54, 1.807) is 0 Å². The standard InChI is InChI=1S/C16H14BrClN2/c1-11-7-14(17)16(8-15(11)18)20-10-13(9-19)12-5-3-2-4-6-12/h2-8,13,20H,10H2,1H3. The molecule has 1 atom stereocenters. The van der Waals surface area contributed by atoms with Gasteiger partial charge < -0.3 is 5.32 Å². The third-order valence-corrected chi connectivity index (χ3v) is 4.17. The summed E-state index contributed by atoms with van der Waals surface area (Å²) in [5.41, 5.74) is 2.93. The zero-order valence-electron chi connectivity index (χ0n) is 11.0. The molecule has 0 aliphatic rings. The number of rotatable bonds is 4. The summed E-state index contributed by atoms with van der Waals surface area (Å²) >= 11 is 9.63. The molecule has 0 spiro atoms. The van der Waals surface area contributed by atoms with E-state index in [-0.39, 0.29) is 5.92 Å². The molecular formula is C16H14BrClN2. The highest BCUT2D eigenvalue weighted by molar-refractivity contribution is 9.10. The lowest BCUT2D eigenvalue weighted by Gasteiger charge is -2.14. The molecular weight excluding hydrogens is 336 g/mol. The van der Waals surface area contributed by atoms with E-state index in [2.05, 4.69) is 27.3 Å². The van der Waals surface area contributed by atoms with Gasteiger partial charge in [0.1, 0.15) is 0 Å². The highest BCUT2D eigenvalue weighted by atomic mass is 79.9. The normalized spacial score (nSPS) is 11.7. The predicted molar refractivity (Wildman–Crippen MR) is 87.2 cm³/mol. The van der Waals surface area contributed by atoms with Gasteiger partial charge in [-0.05, 0) is 46.1 Å². The Labute approximate surface area is 132 Å². The molecule has 102 valence electrons. The van der Waals surface area contributed by atoms with Gasteiger partial charge in [-0.3, -0.25) is 0 Å². The fourth-order valence-corrected chi connectivity index (χ4v) is 2.68. The van der Waals surface area contributed by atoms with Crippen molar-refractivity contribution < 1.29 is 0 Å². The Bertz CT molecular complexity index is 635. The van der Waals surface area contributed by atoms with Gasteiger partial charge in [-0.15, -0.1) is 0 Å². The Morgan fingerprint density at radius 2 is 2.00 bits per heavy atom. The average Bonchev–Trinajstić information content (AvgIpc) is 2.46. The number of nitrogens with one attached hydrogen (secondary N) is 1. The lowest BCUT2D eigenvalue weighted by atomic mass is 10.0. The van der Waals surface area contributed by atoms with Crippen molar-refractivity contribution in [2.24, 2.45) is 0 Å². The van der Waals surface area contributed by atoms with Crippen molar-refractivity contribution in [2.45, 2.75) is 12.8 Å². The van der Waals surface area contributed by atoms with Crippen molar-refractivity contribution in [1.29, 1.82) is 5.26 Å². The van der Waals surface area contributed by atoms with E-state index in [0.717, 1.165) is 21.3 Å². The summed E-state index contributed by atoms with van der Waals surface area (Å²) in [6, 6.07) is 15.9. The molecule has 0 saturated heterocycles. The maximum atomic E-state index is 9.30. The van der Waals surface area contributed by atoms with Crippen molar-refractivity contribution in [3.05, 3.63) is 63.1 Å². The number of nitrogens with zero attached hydrogens (tertiary/aromatic N) is 1. The second kappa shape index (κ2) is 6.78. The maximum Gasteiger partial charge on any atom is 0.0885 e. The molecule has 0 bridgehead atoms. The summed E-state index contributed by atoms with van der Waals surface area (Å²) < 4.78 is 0.948. The highest BCUT2D eigenvalue weighted by Gasteiger charge is 2.11. The number of aryl methyl sites for hydroxylation is 1. The molecule has 0 heterocycles. The second-order valence-corrected chi connectivity index (χ2v) is 5.82. The second-order valence-electron chi connectivity index (χ2n) is 4.55. The predicted octanol–water partition coefficient (Wildman–Crippen LogP) is 5.13. The zero-order chi connectivity index (χ0) is 14.5. The molecule has 1 unspecified atom stereocenters.